The van der Waals surface area contributed by atoms with Gasteiger partial charge in [0.05, 0.1) is 37.4 Å². The lowest BCUT2D eigenvalue weighted by Crippen LogP contribution is -2.54. The molecule has 9 heteroatoms. The zero-order valence-electron chi connectivity index (χ0n) is 15.9. The van der Waals surface area contributed by atoms with E-state index < -0.39 is 5.60 Å². The molecule has 0 aromatic carbocycles. The minimum atomic E-state index is -0.639. The van der Waals surface area contributed by atoms with Gasteiger partial charge >= 0.3 is 0 Å². The molecule has 3 aromatic rings. The van der Waals surface area contributed by atoms with Crippen LogP contribution in [0.4, 0.5) is 0 Å². The number of nitrogens with zero attached hydrogens (tertiary/aromatic N) is 6. The summed E-state index contributed by atoms with van der Waals surface area (Å²) >= 11 is 0. The fraction of sp³-hybridized carbons (Fsp3) is 0.368. The van der Waals surface area contributed by atoms with Gasteiger partial charge in [0.25, 0.3) is 0 Å². The van der Waals surface area contributed by atoms with Crippen LogP contribution in [0.1, 0.15) is 6.92 Å². The van der Waals surface area contributed by atoms with Crippen molar-refractivity contribution in [1.29, 1.82) is 0 Å². The summed E-state index contributed by atoms with van der Waals surface area (Å²) < 4.78 is 15.4. The van der Waals surface area contributed by atoms with Crippen LogP contribution >= 0.6 is 0 Å². The molecule has 28 heavy (non-hydrogen) atoms. The smallest absolute Gasteiger partial charge is 0.246 e. The maximum atomic E-state index is 12.0. The van der Waals surface area contributed by atoms with Crippen LogP contribution in [0.2, 0.25) is 0 Å². The topological polar surface area (TPSA) is 86.8 Å². The average Bonchev–Trinajstić information content (AvgIpc) is 3.34. The highest BCUT2D eigenvalue weighted by Gasteiger charge is 2.34. The monoisotopic (exact) mass is 382 g/mol. The molecule has 0 N–H and O–H groups in total. The van der Waals surface area contributed by atoms with Crippen LogP contribution in [-0.4, -0.2) is 67.1 Å². The predicted molar refractivity (Wildman–Crippen MR) is 102 cm³/mol. The first-order chi connectivity index (χ1) is 13.5. The van der Waals surface area contributed by atoms with Gasteiger partial charge in [-0.1, -0.05) is 6.58 Å². The predicted octanol–water partition coefficient (Wildman–Crippen LogP) is 1.31. The first-order valence-electron chi connectivity index (χ1n) is 8.99. The number of ether oxygens (including phenoxy) is 2. The Bertz CT molecular complexity index is 1030. The van der Waals surface area contributed by atoms with Crippen LogP contribution in [0.25, 0.3) is 16.8 Å². The van der Waals surface area contributed by atoms with E-state index in [-0.39, 0.29) is 12.5 Å². The second-order valence-electron chi connectivity index (χ2n) is 7.05. The van der Waals surface area contributed by atoms with Gasteiger partial charge in [0, 0.05) is 25.4 Å². The van der Waals surface area contributed by atoms with E-state index >= 15 is 0 Å². The Hall–Kier alpha value is -3.20. The highest BCUT2D eigenvalue weighted by Crippen LogP contribution is 2.26. The molecule has 1 fully saturated rings. The Morgan fingerprint density at radius 3 is 3.04 bits per heavy atom. The molecule has 4 rings (SSSR count). The summed E-state index contributed by atoms with van der Waals surface area (Å²) in [4.78, 5) is 18.3. The second-order valence-corrected chi connectivity index (χ2v) is 7.05. The van der Waals surface area contributed by atoms with E-state index in [1.165, 1.54) is 6.08 Å². The second kappa shape index (κ2) is 7.08. The lowest BCUT2D eigenvalue weighted by Gasteiger charge is -2.39. The van der Waals surface area contributed by atoms with Crippen molar-refractivity contribution >= 4 is 11.4 Å². The maximum absolute atomic E-state index is 12.0. The van der Waals surface area contributed by atoms with Crippen molar-refractivity contribution in [3.8, 4) is 17.1 Å². The van der Waals surface area contributed by atoms with Crippen molar-refractivity contribution in [3.63, 3.8) is 0 Å². The molecule has 1 atom stereocenters. The van der Waals surface area contributed by atoms with Gasteiger partial charge in [-0.2, -0.15) is 10.2 Å². The first-order valence-corrected chi connectivity index (χ1v) is 8.99. The third-order valence-electron chi connectivity index (χ3n) is 4.69. The quantitative estimate of drug-likeness (QED) is 0.619. The molecule has 1 saturated heterocycles. The zero-order valence-corrected chi connectivity index (χ0v) is 15.9. The van der Waals surface area contributed by atoms with Crippen LogP contribution in [-0.2, 0) is 16.6 Å². The highest BCUT2D eigenvalue weighted by molar-refractivity contribution is 5.87. The van der Waals surface area contributed by atoms with E-state index in [1.54, 1.807) is 26.5 Å². The summed E-state index contributed by atoms with van der Waals surface area (Å²) in [6.07, 6.45) is 8.47. The Morgan fingerprint density at radius 2 is 2.29 bits per heavy atom. The van der Waals surface area contributed by atoms with E-state index in [2.05, 4.69) is 21.8 Å². The lowest BCUT2D eigenvalue weighted by molar-refractivity contribution is -0.148. The molecule has 146 valence electrons. The van der Waals surface area contributed by atoms with Crippen molar-refractivity contribution < 1.29 is 14.3 Å². The Balaban J connectivity index is 1.58. The SMILES string of the molecule is C=CC(=O)N1CCO[C@@](C)(COc2nc(-c3cnn(C)c3)cn3nccc23)C1. The number of carbonyl (C=O) groups excluding carboxylic acids is 1. The van der Waals surface area contributed by atoms with Crippen LogP contribution in [0.5, 0.6) is 5.88 Å². The number of rotatable bonds is 5. The number of carbonyl (C=O) groups is 1. The van der Waals surface area contributed by atoms with Crippen LogP contribution in [0, 0.1) is 0 Å². The van der Waals surface area contributed by atoms with Gasteiger partial charge < -0.3 is 14.4 Å². The van der Waals surface area contributed by atoms with Crippen LogP contribution in [0.3, 0.4) is 0 Å². The third kappa shape index (κ3) is 3.48. The Morgan fingerprint density at radius 1 is 1.43 bits per heavy atom. The van der Waals surface area contributed by atoms with Crippen molar-refractivity contribution in [3.05, 3.63) is 43.5 Å². The van der Waals surface area contributed by atoms with E-state index in [1.807, 2.05) is 32.4 Å². The van der Waals surface area contributed by atoms with E-state index in [9.17, 15) is 4.79 Å². The molecule has 0 saturated carbocycles. The van der Waals surface area contributed by atoms with Crippen LogP contribution < -0.4 is 4.74 Å². The van der Waals surface area contributed by atoms with E-state index in [0.29, 0.717) is 31.3 Å². The van der Waals surface area contributed by atoms with Gasteiger partial charge in [0.2, 0.25) is 11.8 Å². The van der Waals surface area contributed by atoms with Gasteiger partial charge in [-0.15, -0.1) is 0 Å². The standard InChI is InChI=1S/C19H22N6O3/c1-4-17(26)24-7-8-28-19(2,12-24)13-27-18-16-5-6-20-25(16)11-15(22-18)14-9-21-23(3)10-14/h4-6,9-11H,1,7-8,12-13H2,2-3H3/t19-/m1/s1. The molecule has 9 nitrogen and oxygen atoms in total. The van der Waals surface area contributed by atoms with E-state index in [4.69, 9.17) is 9.47 Å². The lowest BCUT2D eigenvalue weighted by atomic mass is 10.1. The minimum absolute atomic E-state index is 0.107. The Kier molecular flexibility index (Phi) is 4.60. The van der Waals surface area contributed by atoms with Crippen molar-refractivity contribution in [2.75, 3.05) is 26.3 Å². The number of hydrogen-bond acceptors (Lipinski definition) is 6. The minimum Gasteiger partial charge on any atom is -0.473 e. The summed E-state index contributed by atoms with van der Waals surface area (Å²) in [5, 5.41) is 8.50. The Labute approximate surface area is 162 Å². The molecule has 1 aliphatic heterocycles. The number of fused-ring (bicyclic) bond motifs is 1. The van der Waals surface area contributed by atoms with Gasteiger partial charge in [-0.3, -0.25) is 9.48 Å². The molecule has 0 radical (unpaired) electrons. The van der Waals surface area contributed by atoms with Gasteiger partial charge in [-0.05, 0) is 19.1 Å². The summed E-state index contributed by atoms with van der Waals surface area (Å²) in [5.41, 5.74) is 1.69. The molecule has 1 aliphatic rings. The number of amides is 1. The van der Waals surface area contributed by atoms with Gasteiger partial charge in [0.1, 0.15) is 17.7 Å². The molecule has 0 spiro atoms. The van der Waals surface area contributed by atoms with Gasteiger partial charge in [0.15, 0.2) is 0 Å². The molecular weight excluding hydrogens is 360 g/mol. The number of aromatic nitrogens is 5. The average molecular weight is 382 g/mol. The summed E-state index contributed by atoms with van der Waals surface area (Å²) in [6, 6.07) is 1.84. The normalized spacial score (nSPS) is 19.7. The van der Waals surface area contributed by atoms with E-state index in [0.717, 1.165) is 11.1 Å². The summed E-state index contributed by atoms with van der Waals surface area (Å²) in [7, 11) is 1.85. The number of hydrogen-bond donors (Lipinski definition) is 0. The molecule has 3 aromatic heterocycles. The number of aryl methyl sites for hydroxylation is 1. The first kappa shape index (κ1) is 18.2. The largest absolute Gasteiger partial charge is 0.473 e. The maximum Gasteiger partial charge on any atom is 0.246 e. The highest BCUT2D eigenvalue weighted by atomic mass is 16.5. The molecule has 0 aliphatic carbocycles. The third-order valence-corrected chi connectivity index (χ3v) is 4.69. The van der Waals surface area contributed by atoms with Crippen molar-refractivity contribution in [2.45, 2.75) is 12.5 Å². The molecule has 0 unspecified atom stereocenters. The molecule has 4 heterocycles. The van der Waals surface area contributed by atoms with Crippen molar-refractivity contribution in [1.82, 2.24) is 29.3 Å². The molecule has 1 amide bonds. The summed E-state index contributed by atoms with van der Waals surface area (Å²) in [6.45, 7) is 7.15. The van der Waals surface area contributed by atoms with Gasteiger partial charge in [-0.25, -0.2) is 9.50 Å². The summed E-state index contributed by atoms with van der Waals surface area (Å²) in [5.74, 6) is 0.347. The molecule has 0 bridgehead atoms. The van der Waals surface area contributed by atoms with Crippen molar-refractivity contribution in [2.24, 2.45) is 7.05 Å². The fourth-order valence-corrected chi connectivity index (χ4v) is 3.25. The molecular formula is C19H22N6O3. The fourth-order valence-electron chi connectivity index (χ4n) is 3.25. The van der Waals surface area contributed by atoms with Crippen LogP contribution in [0.15, 0.2) is 43.5 Å². The number of morpholine rings is 1. The zero-order chi connectivity index (χ0) is 19.7.